The molecule has 5 nitrogen and oxygen atoms in total. The molecule has 0 rings (SSSR count). The zero-order valence-corrected chi connectivity index (χ0v) is 6.43. The fraction of sp³-hybridized carbons (Fsp3) is 0.600. The van der Waals surface area contributed by atoms with Crippen molar-refractivity contribution in [2.75, 3.05) is 12.5 Å². The Morgan fingerprint density at radius 3 is 2.64 bits per heavy atom. The average Bonchev–Trinajstić information content (AvgIpc) is 2.01. The van der Waals surface area contributed by atoms with Crippen molar-refractivity contribution in [3.8, 4) is 0 Å². The molecule has 6 heteroatoms. The van der Waals surface area contributed by atoms with Gasteiger partial charge in [-0.15, -0.1) is 11.6 Å². The van der Waals surface area contributed by atoms with Crippen molar-refractivity contribution in [2.45, 2.75) is 6.42 Å². The van der Waals surface area contributed by atoms with Crippen LogP contribution in [0, 0.1) is 0 Å². The summed E-state index contributed by atoms with van der Waals surface area (Å²) in [6.45, 7) is -0.310. The predicted molar refractivity (Wildman–Crippen MR) is 36.7 cm³/mol. The highest BCUT2D eigenvalue weighted by Gasteiger charge is 2.03. The molecule has 0 saturated heterocycles. The smallest absolute Gasteiger partial charge is 0.334 e. The van der Waals surface area contributed by atoms with Gasteiger partial charge in [0.1, 0.15) is 5.88 Å². The summed E-state index contributed by atoms with van der Waals surface area (Å²) in [4.78, 5) is 24.9. The minimum atomic E-state index is -0.703. The number of hydrogen-bond donors (Lipinski definition) is 2. The van der Waals surface area contributed by atoms with Gasteiger partial charge in [-0.2, -0.15) is 5.48 Å². The number of hydroxylamine groups is 1. The summed E-state index contributed by atoms with van der Waals surface area (Å²) in [5.41, 5.74) is 1.79. The zero-order chi connectivity index (χ0) is 8.69. The van der Waals surface area contributed by atoms with E-state index in [0.717, 1.165) is 0 Å². The van der Waals surface area contributed by atoms with Crippen LogP contribution in [0.2, 0.25) is 0 Å². The van der Waals surface area contributed by atoms with E-state index in [2.05, 4.69) is 4.84 Å². The van der Waals surface area contributed by atoms with Gasteiger partial charge in [0.2, 0.25) is 0 Å². The van der Waals surface area contributed by atoms with Crippen molar-refractivity contribution in [1.82, 2.24) is 5.48 Å². The van der Waals surface area contributed by atoms with Crippen molar-refractivity contribution in [1.29, 1.82) is 0 Å². The van der Waals surface area contributed by atoms with Gasteiger partial charge in [-0.05, 0) is 0 Å². The largest absolute Gasteiger partial charge is 0.396 e. The highest BCUT2D eigenvalue weighted by Crippen LogP contribution is 1.81. The number of nitrogens with one attached hydrogen (secondary N) is 1. The maximum Gasteiger partial charge on any atom is 0.334 e. The monoisotopic (exact) mass is 181 g/mol. The quantitative estimate of drug-likeness (QED) is 0.441. The molecule has 0 aromatic rings. The van der Waals surface area contributed by atoms with Crippen LogP contribution < -0.4 is 5.48 Å². The maximum atomic E-state index is 10.4. The second kappa shape index (κ2) is 5.94. The van der Waals surface area contributed by atoms with Crippen molar-refractivity contribution in [3.05, 3.63) is 0 Å². The van der Waals surface area contributed by atoms with E-state index < -0.39 is 11.9 Å². The van der Waals surface area contributed by atoms with Crippen LogP contribution in [-0.4, -0.2) is 29.5 Å². The fourth-order valence-electron chi connectivity index (χ4n) is 0.283. The number of aliphatic hydroxyl groups excluding tert-OH is 1. The lowest BCUT2D eigenvalue weighted by Crippen LogP contribution is -2.28. The molecule has 0 bridgehead atoms. The Labute approximate surface area is 68.2 Å². The maximum absolute atomic E-state index is 10.4. The van der Waals surface area contributed by atoms with Gasteiger partial charge in [0.25, 0.3) is 5.91 Å². The number of aliphatic hydroxyl groups is 1. The number of amides is 1. The second-order valence-electron chi connectivity index (χ2n) is 1.61. The Morgan fingerprint density at radius 2 is 2.18 bits per heavy atom. The lowest BCUT2D eigenvalue weighted by molar-refractivity contribution is -0.158. The van der Waals surface area contributed by atoms with E-state index >= 15 is 0 Å². The predicted octanol–water partition coefficient (Wildman–Crippen LogP) is -0.818. The van der Waals surface area contributed by atoms with Gasteiger partial charge in [0.05, 0.1) is 13.0 Å². The number of halogens is 1. The summed E-state index contributed by atoms with van der Waals surface area (Å²) in [6.07, 6.45) is -0.150. The summed E-state index contributed by atoms with van der Waals surface area (Å²) >= 11 is 5.06. The molecule has 0 radical (unpaired) electrons. The number of rotatable bonds is 3. The Bertz CT molecular complexity index is 149. The normalized spacial score (nSPS) is 8.91. The third-order valence-corrected chi connectivity index (χ3v) is 0.959. The summed E-state index contributed by atoms with van der Waals surface area (Å²) in [5.74, 6) is -1.57. The van der Waals surface area contributed by atoms with E-state index in [1.807, 2.05) is 0 Å². The van der Waals surface area contributed by atoms with Crippen LogP contribution in [0.15, 0.2) is 0 Å². The molecule has 0 atom stereocenters. The summed E-state index contributed by atoms with van der Waals surface area (Å²) in [5, 5.41) is 8.22. The Morgan fingerprint density at radius 1 is 1.55 bits per heavy atom. The van der Waals surface area contributed by atoms with Crippen LogP contribution in [0.5, 0.6) is 0 Å². The van der Waals surface area contributed by atoms with Crippen molar-refractivity contribution in [2.24, 2.45) is 0 Å². The lowest BCUT2D eigenvalue weighted by atomic mass is 10.5. The van der Waals surface area contributed by atoms with Gasteiger partial charge in [-0.3, -0.25) is 4.79 Å². The first-order chi connectivity index (χ1) is 5.20. The first-order valence-electron chi connectivity index (χ1n) is 2.86. The molecule has 0 fully saturated rings. The second-order valence-corrected chi connectivity index (χ2v) is 1.87. The number of alkyl halides is 1. The Hall–Kier alpha value is -0.810. The SMILES string of the molecule is O=C(CCl)NOC(=O)CCO. The summed E-state index contributed by atoms with van der Waals surface area (Å²) in [6, 6.07) is 0. The summed E-state index contributed by atoms with van der Waals surface area (Å²) < 4.78 is 0. The van der Waals surface area contributed by atoms with E-state index in [0.29, 0.717) is 0 Å². The van der Waals surface area contributed by atoms with Crippen molar-refractivity contribution >= 4 is 23.5 Å². The summed E-state index contributed by atoms with van der Waals surface area (Å²) in [7, 11) is 0. The van der Waals surface area contributed by atoms with E-state index in [1.54, 1.807) is 5.48 Å². The first kappa shape index (κ1) is 10.2. The number of hydrogen-bond acceptors (Lipinski definition) is 4. The molecule has 0 heterocycles. The van der Waals surface area contributed by atoms with Gasteiger partial charge in [0, 0.05) is 0 Å². The molecular formula is C5H8ClNO4. The molecule has 0 saturated carbocycles. The van der Waals surface area contributed by atoms with E-state index in [9.17, 15) is 9.59 Å². The van der Waals surface area contributed by atoms with Gasteiger partial charge < -0.3 is 9.94 Å². The molecule has 0 aromatic carbocycles. The average molecular weight is 182 g/mol. The molecular weight excluding hydrogens is 174 g/mol. The number of carbonyl (C=O) groups is 2. The molecule has 1 amide bonds. The zero-order valence-electron chi connectivity index (χ0n) is 5.67. The molecule has 11 heavy (non-hydrogen) atoms. The van der Waals surface area contributed by atoms with E-state index in [-0.39, 0.29) is 18.9 Å². The first-order valence-corrected chi connectivity index (χ1v) is 3.39. The Balaban J connectivity index is 3.38. The van der Waals surface area contributed by atoms with Crippen LogP contribution >= 0.6 is 11.6 Å². The van der Waals surface area contributed by atoms with Crippen LogP contribution in [-0.2, 0) is 14.4 Å². The molecule has 2 N–H and O–H groups in total. The molecule has 0 aliphatic rings. The van der Waals surface area contributed by atoms with Crippen molar-refractivity contribution < 1.29 is 19.5 Å². The fourth-order valence-corrected chi connectivity index (χ4v) is 0.338. The van der Waals surface area contributed by atoms with Crippen LogP contribution in [0.3, 0.4) is 0 Å². The molecule has 0 aromatic heterocycles. The lowest BCUT2D eigenvalue weighted by Gasteiger charge is -2.01. The highest BCUT2D eigenvalue weighted by atomic mass is 35.5. The minimum absolute atomic E-state index is 0.150. The van der Waals surface area contributed by atoms with Gasteiger partial charge in [-0.25, -0.2) is 4.79 Å². The third-order valence-electron chi connectivity index (χ3n) is 0.716. The van der Waals surface area contributed by atoms with Crippen LogP contribution in [0.4, 0.5) is 0 Å². The van der Waals surface area contributed by atoms with Gasteiger partial charge >= 0.3 is 5.97 Å². The number of carbonyl (C=O) groups excluding carboxylic acids is 2. The Kier molecular flexibility index (Phi) is 5.50. The molecule has 0 aliphatic heterocycles. The molecule has 0 unspecified atom stereocenters. The van der Waals surface area contributed by atoms with E-state index in [1.165, 1.54) is 0 Å². The van der Waals surface area contributed by atoms with Crippen LogP contribution in [0.25, 0.3) is 0 Å². The standard InChI is InChI=1S/C5H8ClNO4/c6-3-4(9)7-11-5(10)1-2-8/h8H,1-3H2,(H,7,9). The molecule has 64 valence electrons. The van der Waals surface area contributed by atoms with Crippen molar-refractivity contribution in [3.63, 3.8) is 0 Å². The minimum Gasteiger partial charge on any atom is -0.396 e. The molecule has 0 aliphatic carbocycles. The van der Waals surface area contributed by atoms with Crippen LogP contribution in [0.1, 0.15) is 6.42 Å². The third kappa shape index (κ3) is 5.63. The van der Waals surface area contributed by atoms with E-state index in [4.69, 9.17) is 16.7 Å². The van der Waals surface area contributed by atoms with Gasteiger partial charge in [-0.1, -0.05) is 0 Å². The highest BCUT2D eigenvalue weighted by molar-refractivity contribution is 6.27. The van der Waals surface area contributed by atoms with Gasteiger partial charge in [0.15, 0.2) is 0 Å². The topological polar surface area (TPSA) is 75.6 Å². The molecule has 0 spiro atoms.